The van der Waals surface area contributed by atoms with Gasteiger partial charge in [-0.05, 0) is 41.5 Å². The van der Waals surface area contributed by atoms with Gasteiger partial charge in [0.25, 0.3) is 5.91 Å². The van der Waals surface area contributed by atoms with E-state index in [2.05, 4.69) is 15.5 Å². The minimum atomic E-state index is -0.0953. The van der Waals surface area contributed by atoms with E-state index in [-0.39, 0.29) is 5.91 Å². The molecular weight excluding hydrogens is 362 g/mol. The van der Waals surface area contributed by atoms with Crippen LogP contribution in [0.25, 0.3) is 22.5 Å². The highest BCUT2D eigenvalue weighted by Gasteiger charge is 2.09. The summed E-state index contributed by atoms with van der Waals surface area (Å²) in [5.41, 5.74) is 5.36. The molecule has 29 heavy (non-hydrogen) atoms. The van der Waals surface area contributed by atoms with Gasteiger partial charge in [0.05, 0.1) is 18.5 Å². The first-order valence-electron chi connectivity index (χ1n) is 9.35. The number of benzene rings is 3. The summed E-state index contributed by atoms with van der Waals surface area (Å²) in [6.45, 7) is 0.506. The predicted molar refractivity (Wildman–Crippen MR) is 114 cm³/mol. The molecule has 4 aromatic rings. The second-order valence-electron chi connectivity index (χ2n) is 6.64. The van der Waals surface area contributed by atoms with Crippen LogP contribution in [0.4, 0.5) is 0 Å². The van der Waals surface area contributed by atoms with Crippen LogP contribution >= 0.6 is 0 Å². The molecule has 3 aromatic carbocycles. The molecule has 5 heteroatoms. The van der Waals surface area contributed by atoms with Crippen LogP contribution in [0.2, 0.25) is 0 Å². The van der Waals surface area contributed by atoms with Gasteiger partial charge in [-0.1, -0.05) is 54.6 Å². The molecule has 1 aromatic heterocycles. The molecule has 0 saturated carbocycles. The molecule has 0 spiro atoms. The SMILES string of the molecule is COc1cccc(-c2cc(-c3ccc(C(=O)NCc4ccccc4)cc3)[nH]n2)c1. The second kappa shape index (κ2) is 8.44. The van der Waals surface area contributed by atoms with Crippen LogP contribution in [0.3, 0.4) is 0 Å². The molecule has 0 fully saturated rings. The molecule has 0 atom stereocenters. The minimum absolute atomic E-state index is 0.0953. The molecule has 4 rings (SSSR count). The number of rotatable bonds is 6. The average Bonchev–Trinajstić information content (AvgIpc) is 3.29. The summed E-state index contributed by atoms with van der Waals surface area (Å²) >= 11 is 0. The van der Waals surface area contributed by atoms with Crippen molar-refractivity contribution in [2.75, 3.05) is 7.11 Å². The Labute approximate surface area is 169 Å². The van der Waals surface area contributed by atoms with Gasteiger partial charge in [0.15, 0.2) is 0 Å². The number of H-pyrrole nitrogens is 1. The van der Waals surface area contributed by atoms with Gasteiger partial charge in [-0.25, -0.2) is 0 Å². The lowest BCUT2D eigenvalue weighted by molar-refractivity contribution is 0.0951. The molecule has 0 bridgehead atoms. The second-order valence-corrected chi connectivity index (χ2v) is 6.64. The third-order valence-electron chi connectivity index (χ3n) is 4.70. The number of hydrogen-bond acceptors (Lipinski definition) is 3. The van der Waals surface area contributed by atoms with E-state index < -0.39 is 0 Å². The van der Waals surface area contributed by atoms with E-state index >= 15 is 0 Å². The van der Waals surface area contributed by atoms with E-state index in [0.29, 0.717) is 12.1 Å². The van der Waals surface area contributed by atoms with Crippen LogP contribution in [-0.4, -0.2) is 23.2 Å². The largest absolute Gasteiger partial charge is 0.497 e. The average molecular weight is 383 g/mol. The summed E-state index contributed by atoms with van der Waals surface area (Å²) in [6.07, 6.45) is 0. The zero-order valence-corrected chi connectivity index (χ0v) is 16.1. The van der Waals surface area contributed by atoms with Gasteiger partial charge in [0.2, 0.25) is 0 Å². The Balaban J connectivity index is 1.45. The normalized spacial score (nSPS) is 10.5. The number of nitrogens with one attached hydrogen (secondary N) is 2. The lowest BCUT2D eigenvalue weighted by Crippen LogP contribution is -2.22. The fourth-order valence-corrected chi connectivity index (χ4v) is 3.08. The first-order chi connectivity index (χ1) is 14.2. The maximum absolute atomic E-state index is 12.4. The molecular formula is C24H21N3O2. The van der Waals surface area contributed by atoms with Crippen LogP contribution in [0.1, 0.15) is 15.9 Å². The van der Waals surface area contributed by atoms with Crippen molar-refractivity contribution in [3.05, 3.63) is 96.1 Å². The molecule has 5 nitrogen and oxygen atoms in total. The van der Waals surface area contributed by atoms with Gasteiger partial charge in [-0.2, -0.15) is 5.10 Å². The number of hydrogen-bond donors (Lipinski definition) is 2. The Morgan fingerprint density at radius 3 is 2.48 bits per heavy atom. The van der Waals surface area contributed by atoms with E-state index in [1.807, 2.05) is 84.9 Å². The van der Waals surface area contributed by atoms with Crippen molar-refractivity contribution >= 4 is 5.91 Å². The van der Waals surface area contributed by atoms with Gasteiger partial charge in [-0.3, -0.25) is 9.89 Å². The number of aromatic nitrogens is 2. The Morgan fingerprint density at radius 1 is 0.931 bits per heavy atom. The third kappa shape index (κ3) is 4.35. The van der Waals surface area contributed by atoms with Crippen LogP contribution in [-0.2, 0) is 6.54 Å². The minimum Gasteiger partial charge on any atom is -0.497 e. The first-order valence-corrected chi connectivity index (χ1v) is 9.35. The quantitative estimate of drug-likeness (QED) is 0.508. The number of carbonyl (C=O) groups is 1. The maximum Gasteiger partial charge on any atom is 0.251 e. The predicted octanol–water partition coefficient (Wildman–Crippen LogP) is 4.68. The Hall–Kier alpha value is -3.86. The number of ether oxygens (including phenoxy) is 1. The molecule has 1 heterocycles. The van der Waals surface area contributed by atoms with E-state index in [1.165, 1.54) is 0 Å². The van der Waals surface area contributed by atoms with Gasteiger partial charge < -0.3 is 10.1 Å². The van der Waals surface area contributed by atoms with Crippen LogP contribution in [0.5, 0.6) is 5.75 Å². The van der Waals surface area contributed by atoms with Crippen LogP contribution in [0, 0.1) is 0 Å². The van der Waals surface area contributed by atoms with Crippen molar-refractivity contribution in [2.24, 2.45) is 0 Å². The summed E-state index contributed by atoms with van der Waals surface area (Å²) < 4.78 is 5.28. The highest BCUT2D eigenvalue weighted by molar-refractivity contribution is 5.94. The Kier molecular flexibility index (Phi) is 5.38. The fraction of sp³-hybridized carbons (Fsp3) is 0.0833. The monoisotopic (exact) mass is 383 g/mol. The van der Waals surface area contributed by atoms with Gasteiger partial charge in [0, 0.05) is 17.7 Å². The first kappa shape index (κ1) is 18.5. The summed E-state index contributed by atoms with van der Waals surface area (Å²) in [6, 6.07) is 27.1. The van der Waals surface area contributed by atoms with Crippen LogP contribution in [0.15, 0.2) is 84.9 Å². The molecule has 0 aliphatic carbocycles. The third-order valence-corrected chi connectivity index (χ3v) is 4.70. The highest BCUT2D eigenvalue weighted by atomic mass is 16.5. The molecule has 2 N–H and O–H groups in total. The smallest absolute Gasteiger partial charge is 0.251 e. The Bertz CT molecular complexity index is 1100. The number of carbonyl (C=O) groups excluding carboxylic acids is 1. The molecule has 144 valence electrons. The van der Waals surface area contributed by atoms with Gasteiger partial charge >= 0.3 is 0 Å². The maximum atomic E-state index is 12.4. The highest BCUT2D eigenvalue weighted by Crippen LogP contribution is 2.26. The van der Waals surface area contributed by atoms with E-state index in [4.69, 9.17) is 4.74 Å². The molecule has 0 unspecified atom stereocenters. The lowest BCUT2D eigenvalue weighted by Gasteiger charge is -2.06. The topological polar surface area (TPSA) is 67.0 Å². The van der Waals surface area contributed by atoms with Crippen molar-refractivity contribution in [3.63, 3.8) is 0 Å². The van der Waals surface area contributed by atoms with E-state index in [0.717, 1.165) is 33.8 Å². The van der Waals surface area contributed by atoms with Gasteiger partial charge in [0.1, 0.15) is 5.75 Å². The summed E-state index contributed by atoms with van der Waals surface area (Å²) in [5.74, 6) is 0.694. The number of aromatic amines is 1. The number of amides is 1. The van der Waals surface area contributed by atoms with Crippen molar-refractivity contribution in [1.82, 2.24) is 15.5 Å². The van der Waals surface area contributed by atoms with Crippen molar-refractivity contribution < 1.29 is 9.53 Å². The molecule has 0 aliphatic rings. The van der Waals surface area contributed by atoms with Crippen LogP contribution < -0.4 is 10.1 Å². The van der Waals surface area contributed by atoms with E-state index in [1.54, 1.807) is 7.11 Å². The lowest BCUT2D eigenvalue weighted by atomic mass is 10.1. The van der Waals surface area contributed by atoms with E-state index in [9.17, 15) is 4.79 Å². The zero-order valence-electron chi connectivity index (χ0n) is 16.1. The summed E-state index contributed by atoms with van der Waals surface area (Å²) in [7, 11) is 1.65. The summed E-state index contributed by atoms with van der Waals surface area (Å²) in [5, 5.41) is 10.4. The van der Waals surface area contributed by atoms with Crippen molar-refractivity contribution in [3.8, 4) is 28.3 Å². The number of methoxy groups -OCH3 is 1. The van der Waals surface area contributed by atoms with Gasteiger partial charge in [-0.15, -0.1) is 0 Å². The molecule has 0 saturated heterocycles. The number of nitrogens with zero attached hydrogens (tertiary/aromatic N) is 1. The Morgan fingerprint density at radius 2 is 1.72 bits per heavy atom. The fourth-order valence-electron chi connectivity index (χ4n) is 3.08. The zero-order chi connectivity index (χ0) is 20.1. The summed E-state index contributed by atoms with van der Waals surface area (Å²) in [4.78, 5) is 12.4. The standard InChI is InChI=1S/C24H21N3O2/c1-29-21-9-5-8-20(14-21)23-15-22(26-27-23)18-10-12-19(13-11-18)24(28)25-16-17-6-3-2-4-7-17/h2-15H,16H2,1H3,(H,25,28)(H,26,27). The van der Waals surface area contributed by atoms with Crippen molar-refractivity contribution in [1.29, 1.82) is 0 Å². The molecule has 1 amide bonds. The van der Waals surface area contributed by atoms with Crippen molar-refractivity contribution in [2.45, 2.75) is 6.54 Å². The molecule has 0 aliphatic heterocycles. The molecule has 0 radical (unpaired) electrons.